The Hall–Kier alpha value is -5.20. The Morgan fingerprint density at radius 3 is 1.53 bits per heavy atom. The van der Waals surface area contributed by atoms with Crippen LogP contribution in [-0.4, -0.2) is 0 Å². The minimum absolute atomic E-state index is 0.00931. The van der Waals surface area contributed by atoms with E-state index in [0.29, 0.717) is 0 Å². The standard InChI is InChI=1S/C51H44/c1-8-49(2,3)36-25-34-14-13-30-15-20-37(42-24-19-35(26-36)47(34)48(30)42)33-18-23-41-40-22-17-32(28-45(40)51(6,7)46(41)29-33)31-16-21-39-38-11-9-10-12-43(38)50(4,5)44(39)27-31/h9-29H,8H2,1-7H3. The van der Waals surface area contributed by atoms with E-state index in [1.807, 2.05) is 0 Å². The van der Waals surface area contributed by atoms with Crippen molar-refractivity contribution in [3.63, 3.8) is 0 Å². The molecular weight excluding hydrogens is 613 g/mol. The van der Waals surface area contributed by atoms with Gasteiger partial charge in [-0.3, -0.25) is 0 Å². The van der Waals surface area contributed by atoms with Gasteiger partial charge in [0.1, 0.15) is 0 Å². The van der Waals surface area contributed by atoms with Crippen molar-refractivity contribution in [1.82, 2.24) is 0 Å². The molecule has 0 nitrogen and oxygen atoms in total. The molecule has 0 atom stereocenters. The Kier molecular flexibility index (Phi) is 6.12. The molecule has 0 radical (unpaired) electrons. The van der Waals surface area contributed by atoms with Crippen molar-refractivity contribution >= 4 is 32.3 Å². The summed E-state index contributed by atoms with van der Waals surface area (Å²) in [7, 11) is 0. The molecular formula is C51H44. The summed E-state index contributed by atoms with van der Waals surface area (Å²) in [6.07, 6.45) is 1.12. The second-order valence-electron chi connectivity index (χ2n) is 17.0. The molecule has 0 heterocycles. The van der Waals surface area contributed by atoms with E-state index < -0.39 is 0 Å². The molecule has 8 aromatic carbocycles. The summed E-state index contributed by atoms with van der Waals surface area (Å²) < 4.78 is 0. The first-order chi connectivity index (χ1) is 24.5. The van der Waals surface area contributed by atoms with Gasteiger partial charge in [0.05, 0.1) is 0 Å². The molecule has 10 rings (SSSR count). The second kappa shape index (κ2) is 10.2. The van der Waals surface area contributed by atoms with Gasteiger partial charge < -0.3 is 0 Å². The van der Waals surface area contributed by atoms with Crippen LogP contribution in [0.3, 0.4) is 0 Å². The average Bonchev–Trinajstić information content (AvgIpc) is 3.52. The molecule has 0 unspecified atom stereocenters. The summed E-state index contributed by atoms with van der Waals surface area (Å²) in [4.78, 5) is 0. The highest BCUT2D eigenvalue weighted by Crippen LogP contribution is 2.53. The van der Waals surface area contributed by atoms with E-state index in [1.165, 1.54) is 105 Å². The lowest BCUT2D eigenvalue weighted by Gasteiger charge is -2.25. The molecule has 0 aromatic heterocycles. The zero-order valence-corrected chi connectivity index (χ0v) is 30.8. The van der Waals surface area contributed by atoms with Crippen molar-refractivity contribution in [3.8, 4) is 44.5 Å². The molecule has 8 aromatic rings. The minimum Gasteiger partial charge on any atom is -0.0646 e. The number of fused-ring (bicyclic) bond motifs is 6. The normalized spacial score (nSPS) is 15.4. The van der Waals surface area contributed by atoms with Crippen LogP contribution in [0.4, 0.5) is 0 Å². The van der Waals surface area contributed by atoms with Crippen molar-refractivity contribution in [1.29, 1.82) is 0 Å². The first-order valence-corrected chi connectivity index (χ1v) is 18.7. The van der Waals surface area contributed by atoms with E-state index in [2.05, 4.69) is 176 Å². The fourth-order valence-electron chi connectivity index (χ4n) is 9.63. The van der Waals surface area contributed by atoms with Gasteiger partial charge in [-0.25, -0.2) is 0 Å². The predicted molar refractivity (Wildman–Crippen MR) is 219 cm³/mol. The molecule has 0 heteroatoms. The first kappa shape index (κ1) is 30.6. The SMILES string of the molecule is CCC(C)(C)c1cc2ccc3ccc(-c4ccc5c(c4)C(C)(C)c4cc(-c6ccc7c(c6)C(C)(C)c6ccccc6-7)ccc4-5)c4ccc(c1)c2c34. The van der Waals surface area contributed by atoms with Crippen molar-refractivity contribution in [2.45, 2.75) is 71.1 Å². The van der Waals surface area contributed by atoms with Gasteiger partial charge in [0.2, 0.25) is 0 Å². The van der Waals surface area contributed by atoms with E-state index in [0.717, 1.165) is 6.42 Å². The highest BCUT2D eigenvalue weighted by molar-refractivity contribution is 6.25. The zero-order valence-electron chi connectivity index (χ0n) is 30.8. The lowest BCUT2D eigenvalue weighted by Crippen LogP contribution is -2.15. The summed E-state index contributed by atoms with van der Waals surface area (Å²) in [5.41, 5.74) is 17.8. The van der Waals surface area contributed by atoms with E-state index in [1.54, 1.807) is 0 Å². The van der Waals surface area contributed by atoms with Gasteiger partial charge in [0, 0.05) is 10.8 Å². The van der Waals surface area contributed by atoms with Crippen molar-refractivity contribution in [3.05, 3.63) is 155 Å². The van der Waals surface area contributed by atoms with Gasteiger partial charge >= 0.3 is 0 Å². The minimum atomic E-state index is -0.116. The van der Waals surface area contributed by atoms with Gasteiger partial charge in [-0.1, -0.05) is 158 Å². The smallest absolute Gasteiger partial charge is 0.0159 e. The molecule has 0 amide bonds. The summed E-state index contributed by atoms with van der Waals surface area (Å²) in [6.45, 7) is 16.6. The molecule has 0 fully saturated rings. The molecule has 248 valence electrons. The van der Waals surface area contributed by atoms with E-state index in [4.69, 9.17) is 0 Å². The number of hydrogen-bond acceptors (Lipinski definition) is 0. The average molecular weight is 657 g/mol. The Bertz CT molecular complexity index is 2730. The van der Waals surface area contributed by atoms with Crippen LogP contribution in [-0.2, 0) is 16.2 Å². The van der Waals surface area contributed by atoms with Gasteiger partial charge in [0.15, 0.2) is 0 Å². The predicted octanol–water partition coefficient (Wildman–Crippen LogP) is 14.2. The lowest BCUT2D eigenvalue weighted by molar-refractivity contribution is 0.507. The molecule has 0 N–H and O–H groups in total. The van der Waals surface area contributed by atoms with Gasteiger partial charge in [0.25, 0.3) is 0 Å². The maximum absolute atomic E-state index is 2.48. The van der Waals surface area contributed by atoms with Crippen molar-refractivity contribution in [2.24, 2.45) is 0 Å². The maximum Gasteiger partial charge on any atom is 0.0159 e. The van der Waals surface area contributed by atoms with Crippen LogP contribution >= 0.6 is 0 Å². The molecule has 0 aliphatic heterocycles. The highest BCUT2D eigenvalue weighted by atomic mass is 14.4. The molecule has 0 spiro atoms. The van der Waals surface area contributed by atoms with Gasteiger partial charge in [-0.05, 0) is 135 Å². The molecule has 2 aliphatic rings. The Balaban J connectivity index is 1.06. The number of hydrogen-bond donors (Lipinski definition) is 0. The molecule has 51 heavy (non-hydrogen) atoms. The monoisotopic (exact) mass is 656 g/mol. The van der Waals surface area contributed by atoms with Crippen LogP contribution in [0.5, 0.6) is 0 Å². The largest absolute Gasteiger partial charge is 0.0646 e. The third-order valence-electron chi connectivity index (χ3n) is 13.2. The lowest BCUT2D eigenvalue weighted by atomic mass is 9.79. The summed E-state index contributed by atoms with van der Waals surface area (Å²) in [6, 6.07) is 49.3. The third-order valence-corrected chi connectivity index (χ3v) is 13.2. The van der Waals surface area contributed by atoms with Crippen LogP contribution in [0.25, 0.3) is 76.8 Å². The van der Waals surface area contributed by atoms with Crippen LogP contribution in [0.15, 0.2) is 127 Å². The Morgan fingerprint density at radius 1 is 0.431 bits per heavy atom. The topological polar surface area (TPSA) is 0 Å². The Morgan fingerprint density at radius 2 is 0.902 bits per heavy atom. The van der Waals surface area contributed by atoms with Crippen LogP contribution in [0.1, 0.15) is 82.7 Å². The molecule has 0 saturated heterocycles. The molecule has 0 bridgehead atoms. The van der Waals surface area contributed by atoms with E-state index >= 15 is 0 Å². The van der Waals surface area contributed by atoms with Crippen LogP contribution in [0, 0.1) is 0 Å². The first-order valence-electron chi connectivity index (χ1n) is 18.7. The second-order valence-corrected chi connectivity index (χ2v) is 17.0. The van der Waals surface area contributed by atoms with Gasteiger partial charge in [-0.15, -0.1) is 0 Å². The zero-order chi connectivity index (χ0) is 35.0. The fourth-order valence-corrected chi connectivity index (χ4v) is 9.63. The fraction of sp³-hybridized carbons (Fsp3) is 0.216. The van der Waals surface area contributed by atoms with E-state index in [-0.39, 0.29) is 16.2 Å². The van der Waals surface area contributed by atoms with Crippen molar-refractivity contribution in [2.75, 3.05) is 0 Å². The van der Waals surface area contributed by atoms with Gasteiger partial charge in [-0.2, -0.15) is 0 Å². The van der Waals surface area contributed by atoms with Crippen molar-refractivity contribution < 1.29 is 0 Å². The highest BCUT2D eigenvalue weighted by Gasteiger charge is 2.37. The summed E-state index contributed by atoms with van der Waals surface area (Å²) >= 11 is 0. The number of benzene rings is 8. The van der Waals surface area contributed by atoms with E-state index in [9.17, 15) is 0 Å². The summed E-state index contributed by atoms with van der Waals surface area (Å²) in [5, 5.41) is 8.12. The molecule has 2 aliphatic carbocycles. The third kappa shape index (κ3) is 4.14. The Labute approximate surface area is 302 Å². The van der Waals surface area contributed by atoms with Crippen LogP contribution in [0.2, 0.25) is 0 Å². The van der Waals surface area contributed by atoms with Crippen LogP contribution < -0.4 is 0 Å². The summed E-state index contributed by atoms with van der Waals surface area (Å²) in [5.74, 6) is 0. The maximum atomic E-state index is 2.48. The quantitative estimate of drug-likeness (QED) is 0.165. The number of rotatable bonds is 4. The molecule has 0 saturated carbocycles.